The van der Waals surface area contributed by atoms with Crippen molar-refractivity contribution in [3.05, 3.63) is 40.5 Å². The Morgan fingerprint density at radius 2 is 2.14 bits per heavy atom. The summed E-state index contributed by atoms with van der Waals surface area (Å²) in [4.78, 5) is 14.6. The molecule has 2 rings (SSSR count). The van der Waals surface area contributed by atoms with E-state index in [-0.39, 0.29) is 4.21 Å². The van der Waals surface area contributed by atoms with Gasteiger partial charge in [-0.2, -0.15) is 0 Å². The molecule has 0 spiro atoms. The SMILES string of the molecule is CCc1cccc(C)c1NS(=O)(=O)c1scnc1C(=O)O. The fourth-order valence-electron chi connectivity index (χ4n) is 1.92. The van der Waals surface area contributed by atoms with Crippen LogP contribution in [0.1, 0.15) is 28.5 Å². The van der Waals surface area contributed by atoms with E-state index in [0.717, 1.165) is 22.5 Å². The van der Waals surface area contributed by atoms with E-state index in [1.165, 1.54) is 5.51 Å². The van der Waals surface area contributed by atoms with Crippen LogP contribution in [0, 0.1) is 6.92 Å². The van der Waals surface area contributed by atoms with E-state index < -0.39 is 21.7 Å². The predicted octanol–water partition coefficient (Wildman–Crippen LogP) is 2.51. The van der Waals surface area contributed by atoms with Gasteiger partial charge in [0.2, 0.25) is 0 Å². The van der Waals surface area contributed by atoms with E-state index in [0.29, 0.717) is 12.1 Å². The molecule has 0 amide bonds. The number of nitrogens with zero attached hydrogens (tertiary/aromatic N) is 1. The largest absolute Gasteiger partial charge is 0.476 e. The summed E-state index contributed by atoms with van der Waals surface area (Å²) >= 11 is 0.781. The molecule has 6 nitrogen and oxygen atoms in total. The Kier molecular flexibility index (Phi) is 4.29. The van der Waals surface area contributed by atoms with E-state index in [2.05, 4.69) is 9.71 Å². The first-order valence-corrected chi connectivity index (χ1v) is 8.51. The second-order valence-corrected chi connectivity index (χ2v) is 7.09. The lowest BCUT2D eigenvalue weighted by atomic mass is 10.1. The Hall–Kier alpha value is -1.93. The van der Waals surface area contributed by atoms with Crippen LogP contribution in [-0.4, -0.2) is 24.5 Å². The second kappa shape index (κ2) is 5.82. The molecule has 2 N–H and O–H groups in total. The molecule has 112 valence electrons. The number of para-hydroxylation sites is 1. The van der Waals surface area contributed by atoms with Gasteiger partial charge in [-0.15, -0.1) is 11.3 Å². The molecule has 0 unspecified atom stereocenters. The highest BCUT2D eigenvalue weighted by atomic mass is 32.2. The van der Waals surface area contributed by atoms with Crippen molar-refractivity contribution in [2.75, 3.05) is 4.72 Å². The van der Waals surface area contributed by atoms with Crippen LogP contribution in [0.25, 0.3) is 0 Å². The number of anilines is 1. The summed E-state index contributed by atoms with van der Waals surface area (Å²) in [6.45, 7) is 3.71. The highest BCUT2D eigenvalue weighted by Crippen LogP contribution is 2.27. The number of aromatic carboxylic acids is 1. The zero-order valence-electron chi connectivity index (χ0n) is 11.5. The van der Waals surface area contributed by atoms with Gasteiger partial charge in [-0.3, -0.25) is 4.72 Å². The number of sulfonamides is 1. The Bertz CT molecular complexity index is 781. The Morgan fingerprint density at radius 3 is 2.76 bits per heavy atom. The van der Waals surface area contributed by atoms with Crippen LogP contribution < -0.4 is 4.72 Å². The van der Waals surface area contributed by atoms with E-state index in [1.807, 2.05) is 19.1 Å². The minimum atomic E-state index is -3.98. The summed E-state index contributed by atoms with van der Waals surface area (Å²) in [5.74, 6) is -1.36. The number of aryl methyl sites for hydroxylation is 2. The number of nitrogens with one attached hydrogen (secondary N) is 1. The summed E-state index contributed by atoms with van der Waals surface area (Å²) in [7, 11) is -3.98. The third kappa shape index (κ3) is 3.06. The van der Waals surface area contributed by atoms with Crippen molar-refractivity contribution in [1.29, 1.82) is 0 Å². The summed E-state index contributed by atoms with van der Waals surface area (Å²) in [5.41, 5.74) is 2.86. The lowest BCUT2D eigenvalue weighted by Gasteiger charge is -2.13. The topological polar surface area (TPSA) is 96.4 Å². The Morgan fingerprint density at radius 1 is 1.43 bits per heavy atom. The third-order valence-electron chi connectivity index (χ3n) is 2.96. The molecule has 1 heterocycles. The Labute approximate surface area is 126 Å². The predicted molar refractivity (Wildman–Crippen MR) is 80.4 cm³/mol. The minimum absolute atomic E-state index is 0.291. The van der Waals surface area contributed by atoms with Gasteiger partial charge in [-0.05, 0) is 24.5 Å². The van der Waals surface area contributed by atoms with Crippen molar-refractivity contribution in [2.24, 2.45) is 0 Å². The van der Waals surface area contributed by atoms with Gasteiger partial charge >= 0.3 is 5.97 Å². The highest BCUT2D eigenvalue weighted by molar-refractivity contribution is 7.94. The zero-order chi connectivity index (χ0) is 15.6. The van der Waals surface area contributed by atoms with Crippen LogP contribution in [0.15, 0.2) is 27.9 Å². The number of hydrogen-bond donors (Lipinski definition) is 2. The third-order valence-corrected chi connectivity index (χ3v) is 5.68. The maximum absolute atomic E-state index is 12.4. The van der Waals surface area contributed by atoms with Crippen molar-refractivity contribution < 1.29 is 18.3 Å². The van der Waals surface area contributed by atoms with Crippen LogP contribution in [0.3, 0.4) is 0 Å². The van der Waals surface area contributed by atoms with Gasteiger partial charge < -0.3 is 5.11 Å². The van der Waals surface area contributed by atoms with Gasteiger partial charge in [-0.25, -0.2) is 18.2 Å². The first-order chi connectivity index (χ1) is 9.86. The maximum Gasteiger partial charge on any atom is 0.356 e. The van der Waals surface area contributed by atoms with Crippen molar-refractivity contribution in [2.45, 2.75) is 24.5 Å². The lowest BCUT2D eigenvalue weighted by molar-refractivity contribution is 0.0687. The minimum Gasteiger partial charge on any atom is -0.476 e. The smallest absolute Gasteiger partial charge is 0.356 e. The molecule has 2 aromatic rings. The van der Waals surface area contributed by atoms with E-state index >= 15 is 0 Å². The molecule has 0 saturated carbocycles. The van der Waals surface area contributed by atoms with Crippen molar-refractivity contribution in [1.82, 2.24) is 4.98 Å². The first kappa shape index (κ1) is 15.5. The van der Waals surface area contributed by atoms with Crippen LogP contribution in [-0.2, 0) is 16.4 Å². The Balaban J connectivity index is 2.48. The number of aromatic nitrogens is 1. The normalized spacial score (nSPS) is 11.3. The molecule has 8 heteroatoms. The monoisotopic (exact) mass is 326 g/mol. The van der Waals surface area contributed by atoms with E-state index in [4.69, 9.17) is 5.11 Å². The number of rotatable bonds is 5. The molecular formula is C13H14N2O4S2. The van der Waals surface area contributed by atoms with Crippen molar-refractivity contribution in [3.8, 4) is 0 Å². The molecule has 0 bridgehead atoms. The van der Waals surface area contributed by atoms with Crippen LogP contribution in [0.5, 0.6) is 0 Å². The van der Waals surface area contributed by atoms with Crippen LogP contribution >= 0.6 is 11.3 Å². The lowest BCUT2D eigenvalue weighted by Crippen LogP contribution is -2.17. The molecule has 0 fully saturated rings. The standard InChI is InChI=1S/C13H14N2O4S2/c1-3-9-6-4-5-8(2)10(9)15-21(18,19)13-11(12(16)17)14-7-20-13/h4-7,15H,3H2,1-2H3,(H,16,17). The van der Waals surface area contributed by atoms with Crippen LogP contribution in [0.2, 0.25) is 0 Å². The second-order valence-electron chi connectivity index (χ2n) is 4.36. The number of benzene rings is 1. The summed E-state index contributed by atoms with van der Waals surface area (Å²) < 4.78 is 27.0. The van der Waals surface area contributed by atoms with Crippen LogP contribution in [0.4, 0.5) is 5.69 Å². The van der Waals surface area contributed by atoms with E-state index in [9.17, 15) is 13.2 Å². The van der Waals surface area contributed by atoms with Gasteiger partial charge in [0.05, 0.1) is 11.2 Å². The molecule has 1 aromatic heterocycles. The quantitative estimate of drug-likeness (QED) is 0.880. The first-order valence-electron chi connectivity index (χ1n) is 6.15. The van der Waals surface area contributed by atoms with Gasteiger partial charge in [0.25, 0.3) is 10.0 Å². The molecule has 0 aliphatic rings. The number of carboxylic acids is 1. The molecule has 0 saturated heterocycles. The fourth-order valence-corrected chi connectivity index (χ4v) is 4.23. The number of carbonyl (C=O) groups is 1. The molecule has 0 aliphatic carbocycles. The number of carboxylic acid groups (broad SMARTS) is 1. The molecule has 0 aliphatic heterocycles. The summed E-state index contributed by atoms with van der Waals surface area (Å²) in [5, 5.41) is 8.99. The summed E-state index contributed by atoms with van der Waals surface area (Å²) in [6.07, 6.45) is 0.661. The van der Waals surface area contributed by atoms with Gasteiger partial charge in [0.15, 0.2) is 9.90 Å². The molecular weight excluding hydrogens is 312 g/mol. The molecule has 0 atom stereocenters. The zero-order valence-corrected chi connectivity index (χ0v) is 13.1. The number of thiazole rings is 1. The highest BCUT2D eigenvalue weighted by Gasteiger charge is 2.26. The van der Waals surface area contributed by atoms with Gasteiger partial charge in [-0.1, -0.05) is 25.1 Å². The van der Waals surface area contributed by atoms with Crippen molar-refractivity contribution >= 4 is 33.0 Å². The maximum atomic E-state index is 12.4. The molecule has 1 aromatic carbocycles. The average molecular weight is 326 g/mol. The average Bonchev–Trinajstić information content (AvgIpc) is 2.91. The molecule has 0 radical (unpaired) electrons. The fraction of sp³-hybridized carbons (Fsp3) is 0.231. The van der Waals surface area contributed by atoms with Gasteiger partial charge in [0.1, 0.15) is 0 Å². The van der Waals surface area contributed by atoms with E-state index in [1.54, 1.807) is 13.0 Å². The van der Waals surface area contributed by atoms with Crippen molar-refractivity contribution in [3.63, 3.8) is 0 Å². The molecule has 21 heavy (non-hydrogen) atoms. The number of hydrogen-bond acceptors (Lipinski definition) is 5. The summed E-state index contributed by atoms with van der Waals surface area (Å²) in [6, 6.07) is 5.47. The van der Waals surface area contributed by atoms with Gasteiger partial charge in [0, 0.05) is 0 Å².